The lowest BCUT2D eigenvalue weighted by Gasteiger charge is -2.11. The van der Waals surface area contributed by atoms with Gasteiger partial charge in [0.25, 0.3) is 0 Å². The van der Waals surface area contributed by atoms with Crippen molar-refractivity contribution < 1.29 is 18.8 Å². The molecule has 0 amide bonds. The summed E-state index contributed by atoms with van der Waals surface area (Å²) in [5.74, 6) is 0.528. The number of anilines is 2. The molecule has 0 spiro atoms. The van der Waals surface area contributed by atoms with Crippen LogP contribution in [0.2, 0.25) is 0 Å². The molecular weight excluding hydrogens is 367 g/mol. The van der Waals surface area contributed by atoms with Gasteiger partial charge in [-0.15, -0.1) is 0 Å². The zero-order chi connectivity index (χ0) is 20.1. The zero-order valence-corrected chi connectivity index (χ0v) is 15.2. The molecule has 1 aromatic heterocycles. The minimum atomic E-state index is -0.525. The van der Waals surface area contributed by atoms with E-state index < -0.39 is 10.7 Å². The molecule has 0 saturated carbocycles. The Bertz CT molecular complexity index is 1010. The maximum absolute atomic E-state index is 13.5. The fourth-order valence-electron chi connectivity index (χ4n) is 2.61. The second kappa shape index (κ2) is 8.30. The molecule has 9 heteroatoms. The molecule has 0 unspecified atom stereocenters. The number of hydrogen-bond donors (Lipinski definition) is 1. The molecule has 3 rings (SSSR count). The molecule has 1 N–H and O–H groups in total. The molecule has 8 nitrogen and oxygen atoms in total. The summed E-state index contributed by atoms with van der Waals surface area (Å²) < 4.78 is 24.0. The van der Waals surface area contributed by atoms with Gasteiger partial charge in [-0.1, -0.05) is 0 Å². The van der Waals surface area contributed by atoms with Gasteiger partial charge in [-0.05, 0) is 31.2 Å². The molecule has 0 aliphatic heterocycles. The summed E-state index contributed by atoms with van der Waals surface area (Å²) in [4.78, 5) is 19.0. The molecule has 28 heavy (non-hydrogen) atoms. The number of nitro groups is 1. The van der Waals surface area contributed by atoms with Crippen molar-refractivity contribution in [1.82, 2.24) is 9.97 Å². The standard InChI is InChI=1S/C19H17FN4O4/c1-3-28-18-8-12(20)4-6-14(18)15-10-19(22-11-21-15)23-13-5-7-17(27-2)16(9-13)24(25)26/h4-11H,3H2,1-2H3,(H,21,22,23). The van der Waals surface area contributed by atoms with Crippen LogP contribution in [0.4, 0.5) is 21.6 Å². The summed E-state index contributed by atoms with van der Waals surface area (Å²) in [6, 6.07) is 10.3. The normalized spacial score (nSPS) is 10.4. The van der Waals surface area contributed by atoms with E-state index in [1.165, 1.54) is 37.7 Å². The summed E-state index contributed by atoms with van der Waals surface area (Å²) in [5, 5.41) is 14.2. The third kappa shape index (κ3) is 4.14. The van der Waals surface area contributed by atoms with Gasteiger partial charge in [0.05, 0.1) is 24.3 Å². The van der Waals surface area contributed by atoms with E-state index in [9.17, 15) is 14.5 Å². The molecule has 0 saturated heterocycles. The van der Waals surface area contributed by atoms with Crippen molar-refractivity contribution in [3.05, 3.63) is 64.7 Å². The monoisotopic (exact) mass is 384 g/mol. The van der Waals surface area contributed by atoms with Crippen molar-refractivity contribution in [1.29, 1.82) is 0 Å². The minimum Gasteiger partial charge on any atom is -0.493 e. The molecule has 3 aromatic rings. The van der Waals surface area contributed by atoms with Crippen LogP contribution in [-0.4, -0.2) is 28.6 Å². The van der Waals surface area contributed by atoms with Gasteiger partial charge < -0.3 is 14.8 Å². The van der Waals surface area contributed by atoms with Crippen LogP contribution in [0, 0.1) is 15.9 Å². The molecule has 0 radical (unpaired) electrons. The maximum atomic E-state index is 13.5. The van der Waals surface area contributed by atoms with Crippen LogP contribution in [-0.2, 0) is 0 Å². The van der Waals surface area contributed by atoms with E-state index in [0.717, 1.165) is 0 Å². The highest BCUT2D eigenvalue weighted by Crippen LogP contribution is 2.33. The van der Waals surface area contributed by atoms with Crippen molar-refractivity contribution in [2.45, 2.75) is 6.92 Å². The Balaban J connectivity index is 1.93. The number of rotatable bonds is 7. The van der Waals surface area contributed by atoms with E-state index in [1.807, 2.05) is 0 Å². The first kappa shape index (κ1) is 19.0. The van der Waals surface area contributed by atoms with E-state index in [1.54, 1.807) is 25.1 Å². The lowest BCUT2D eigenvalue weighted by molar-refractivity contribution is -0.385. The topological polar surface area (TPSA) is 99.4 Å². The first-order valence-electron chi connectivity index (χ1n) is 8.36. The average Bonchev–Trinajstić information content (AvgIpc) is 2.68. The number of benzene rings is 2. The van der Waals surface area contributed by atoms with Crippen molar-refractivity contribution in [2.75, 3.05) is 19.0 Å². The molecule has 0 bridgehead atoms. The number of methoxy groups -OCH3 is 1. The van der Waals surface area contributed by atoms with Gasteiger partial charge in [-0.2, -0.15) is 0 Å². The lowest BCUT2D eigenvalue weighted by Crippen LogP contribution is -1.99. The SMILES string of the molecule is CCOc1cc(F)ccc1-c1cc(Nc2ccc(OC)c([N+](=O)[O-])c2)ncn1. The quantitative estimate of drug-likeness (QED) is 0.478. The number of ether oxygens (including phenoxy) is 2. The highest BCUT2D eigenvalue weighted by atomic mass is 19.1. The summed E-state index contributed by atoms with van der Waals surface area (Å²) >= 11 is 0. The van der Waals surface area contributed by atoms with Gasteiger partial charge in [-0.3, -0.25) is 10.1 Å². The van der Waals surface area contributed by atoms with Crippen molar-refractivity contribution in [3.63, 3.8) is 0 Å². The van der Waals surface area contributed by atoms with E-state index >= 15 is 0 Å². The first-order chi connectivity index (χ1) is 13.5. The number of nitrogens with one attached hydrogen (secondary N) is 1. The second-order valence-electron chi connectivity index (χ2n) is 5.63. The summed E-state index contributed by atoms with van der Waals surface area (Å²) in [5.41, 5.74) is 1.42. The fourth-order valence-corrected chi connectivity index (χ4v) is 2.61. The van der Waals surface area contributed by atoms with Crippen LogP contribution >= 0.6 is 0 Å². The second-order valence-corrected chi connectivity index (χ2v) is 5.63. The van der Waals surface area contributed by atoms with Crippen LogP contribution in [0.25, 0.3) is 11.3 Å². The Kier molecular flexibility index (Phi) is 5.64. The van der Waals surface area contributed by atoms with Crippen molar-refractivity contribution in [3.8, 4) is 22.8 Å². The summed E-state index contributed by atoms with van der Waals surface area (Å²) in [6.07, 6.45) is 1.34. The van der Waals surface area contributed by atoms with Crippen molar-refractivity contribution >= 4 is 17.2 Å². The molecular formula is C19H17FN4O4. The van der Waals surface area contributed by atoms with Crippen LogP contribution in [0.5, 0.6) is 11.5 Å². The van der Waals surface area contributed by atoms with Gasteiger partial charge in [0, 0.05) is 29.4 Å². The predicted octanol–water partition coefficient (Wildman–Crippen LogP) is 4.34. The molecule has 0 aliphatic carbocycles. The highest BCUT2D eigenvalue weighted by Gasteiger charge is 2.16. The Morgan fingerprint density at radius 1 is 1.14 bits per heavy atom. The predicted molar refractivity (Wildman–Crippen MR) is 102 cm³/mol. The maximum Gasteiger partial charge on any atom is 0.312 e. The van der Waals surface area contributed by atoms with Crippen molar-refractivity contribution in [2.24, 2.45) is 0 Å². The molecule has 2 aromatic carbocycles. The third-order valence-corrected chi connectivity index (χ3v) is 3.83. The fraction of sp³-hybridized carbons (Fsp3) is 0.158. The summed E-state index contributed by atoms with van der Waals surface area (Å²) in [6.45, 7) is 2.18. The first-order valence-corrected chi connectivity index (χ1v) is 8.36. The van der Waals surface area contributed by atoms with E-state index in [-0.39, 0.29) is 11.4 Å². The molecule has 1 heterocycles. The van der Waals surface area contributed by atoms with Gasteiger partial charge in [-0.25, -0.2) is 14.4 Å². The van der Waals surface area contributed by atoms with E-state index in [4.69, 9.17) is 9.47 Å². The van der Waals surface area contributed by atoms with E-state index in [0.29, 0.717) is 35.1 Å². The Morgan fingerprint density at radius 2 is 1.96 bits per heavy atom. The zero-order valence-electron chi connectivity index (χ0n) is 15.2. The number of hydrogen-bond acceptors (Lipinski definition) is 7. The van der Waals surface area contributed by atoms with Crippen LogP contribution in [0.1, 0.15) is 6.92 Å². The smallest absolute Gasteiger partial charge is 0.312 e. The van der Waals surface area contributed by atoms with Crippen LogP contribution < -0.4 is 14.8 Å². The summed E-state index contributed by atoms with van der Waals surface area (Å²) in [7, 11) is 1.37. The molecule has 0 fully saturated rings. The Hall–Kier alpha value is -3.75. The Labute approximate surface area is 160 Å². The lowest BCUT2D eigenvalue weighted by atomic mass is 10.1. The Morgan fingerprint density at radius 3 is 2.68 bits per heavy atom. The highest BCUT2D eigenvalue weighted by molar-refractivity contribution is 5.71. The number of nitrogens with zero attached hydrogens (tertiary/aromatic N) is 3. The van der Waals surface area contributed by atoms with Gasteiger partial charge in [0.15, 0.2) is 5.75 Å². The molecule has 144 valence electrons. The molecule has 0 aliphatic rings. The minimum absolute atomic E-state index is 0.159. The van der Waals surface area contributed by atoms with Gasteiger partial charge >= 0.3 is 5.69 Å². The average molecular weight is 384 g/mol. The van der Waals surface area contributed by atoms with Gasteiger partial charge in [0.1, 0.15) is 23.7 Å². The third-order valence-electron chi connectivity index (χ3n) is 3.83. The molecule has 0 atom stereocenters. The van der Waals surface area contributed by atoms with Crippen LogP contribution in [0.3, 0.4) is 0 Å². The largest absolute Gasteiger partial charge is 0.493 e. The van der Waals surface area contributed by atoms with Crippen LogP contribution in [0.15, 0.2) is 48.8 Å². The number of halogens is 1. The number of aromatic nitrogens is 2. The van der Waals surface area contributed by atoms with Gasteiger partial charge in [0.2, 0.25) is 0 Å². The number of nitro benzene ring substituents is 1. The van der Waals surface area contributed by atoms with E-state index in [2.05, 4.69) is 15.3 Å².